The molecule has 0 N–H and O–H groups in total. The van der Waals surface area contributed by atoms with Gasteiger partial charge in [-0.2, -0.15) is 5.10 Å². The van der Waals surface area contributed by atoms with E-state index in [1.54, 1.807) is 20.2 Å². The van der Waals surface area contributed by atoms with Crippen molar-refractivity contribution in [3.8, 4) is 5.75 Å². The number of methoxy groups -OCH3 is 1. The van der Waals surface area contributed by atoms with Gasteiger partial charge in [0.05, 0.1) is 7.11 Å². The number of fused-ring (bicyclic) bond motifs is 1. The van der Waals surface area contributed by atoms with Crippen LogP contribution in [0.15, 0.2) is 35.1 Å². The van der Waals surface area contributed by atoms with Crippen LogP contribution in [0, 0.1) is 5.92 Å². The lowest BCUT2D eigenvalue weighted by Crippen LogP contribution is -2.49. The number of rotatable bonds is 3. The van der Waals surface area contributed by atoms with Crippen molar-refractivity contribution in [1.82, 2.24) is 14.7 Å². The largest absolute Gasteiger partial charge is 0.497 e. The number of amides is 1. The van der Waals surface area contributed by atoms with Crippen LogP contribution in [-0.4, -0.2) is 33.7 Å². The van der Waals surface area contributed by atoms with E-state index in [2.05, 4.69) is 11.2 Å². The highest BCUT2D eigenvalue weighted by atomic mass is 16.5. The van der Waals surface area contributed by atoms with Gasteiger partial charge >= 0.3 is 0 Å². The molecule has 1 amide bonds. The van der Waals surface area contributed by atoms with Crippen LogP contribution in [0.4, 0.5) is 0 Å². The van der Waals surface area contributed by atoms with Crippen molar-refractivity contribution in [2.45, 2.75) is 51.1 Å². The summed E-state index contributed by atoms with van der Waals surface area (Å²) in [5.74, 6) is 1.22. The Morgan fingerprint density at radius 3 is 2.61 bits per heavy atom. The molecule has 2 aliphatic rings. The monoisotopic (exact) mass is 381 g/mol. The first kappa shape index (κ1) is 18.7. The van der Waals surface area contributed by atoms with E-state index in [0.717, 1.165) is 17.7 Å². The predicted molar refractivity (Wildman–Crippen MR) is 106 cm³/mol. The Hall–Kier alpha value is -2.63. The summed E-state index contributed by atoms with van der Waals surface area (Å²) in [5.41, 5.74) is 2.54. The maximum absolute atomic E-state index is 13.4. The topological polar surface area (TPSA) is 64.4 Å². The first-order valence-corrected chi connectivity index (χ1v) is 10.1. The first-order valence-electron chi connectivity index (χ1n) is 10.1. The molecule has 1 atom stereocenters. The quantitative estimate of drug-likeness (QED) is 0.820. The zero-order valence-electron chi connectivity index (χ0n) is 16.6. The number of benzene rings is 1. The molecular formula is C22H27N3O3. The van der Waals surface area contributed by atoms with Crippen LogP contribution in [0.2, 0.25) is 0 Å². The summed E-state index contributed by atoms with van der Waals surface area (Å²) in [4.78, 5) is 27.1. The molecule has 0 radical (unpaired) electrons. The summed E-state index contributed by atoms with van der Waals surface area (Å²) < 4.78 is 6.60. The summed E-state index contributed by atoms with van der Waals surface area (Å²) in [7, 11) is 3.24. The zero-order chi connectivity index (χ0) is 19.7. The minimum Gasteiger partial charge on any atom is -0.497 e. The Morgan fingerprint density at radius 2 is 1.89 bits per heavy atom. The van der Waals surface area contributed by atoms with Crippen molar-refractivity contribution in [3.05, 3.63) is 57.5 Å². The number of carbonyl (C=O) groups is 1. The predicted octanol–water partition coefficient (Wildman–Crippen LogP) is 2.94. The fourth-order valence-electron chi connectivity index (χ4n) is 4.64. The summed E-state index contributed by atoms with van der Waals surface area (Å²) in [6, 6.07) is 9.30. The highest BCUT2D eigenvalue weighted by molar-refractivity contribution is 5.92. The van der Waals surface area contributed by atoms with Gasteiger partial charge in [0.25, 0.3) is 11.5 Å². The van der Waals surface area contributed by atoms with Gasteiger partial charge in [0.2, 0.25) is 0 Å². The van der Waals surface area contributed by atoms with Crippen LogP contribution in [-0.2, 0) is 20.0 Å². The molecule has 0 saturated heterocycles. The van der Waals surface area contributed by atoms with Gasteiger partial charge < -0.3 is 9.64 Å². The smallest absolute Gasteiger partial charge is 0.274 e. The molecule has 0 spiro atoms. The van der Waals surface area contributed by atoms with Crippen molar-refractivity contribution in [2.75, 3.05) is 7.11 Å². The Kier molecular flexibility index (Phi) is 5.20. The number of nitrogens with zero attached hydrogens (tertiary/aromatic N) is 3. The highest BCUT2D eigenvalue weighted by Crippen LogP contribution is 2.36. The van der Waals surface area contributed by atoms with Gasteiger partial charge in [0, 0.05) is 25.7 Å². The number of hydrogen-bond acceptors (Lipinski definition) is 4. The van der Waals surface area contributed by atoms with Crippen LogP contribution >= 0.6 is 0 Å². The SMILES string of the molecule is COc1ccc2c(c1)CN(C(=O)c1ccc(=O)n(C)n1)C(C1CCCCC1)C2. The molecule has 1 aromatic carbocycles. The molecule has 1 aliphatic heterocycles. The molecule has 28 heavy (non-hydrogen) atoms. The van der Waals surface area contributed by atoms with Crippen LogP contribution in [0.25, 0.3) is 0 Å². The molecule has 2 heterocycles. The summed E-state index contributed by atoms with van der Waals surface area (Å²) in [6.07, 6.45) is 6.95. The summed E-state index contributed by atoms with van der Waals surface area (Å²) in [6.45, 7) is 0.553. The summed E-state index contributed by atoms with van der Waals surface area (Å²) >= 11 is 0. The third-order valence-electron chi connectivity index (χ3n) is 6.22. The second kappa shape index (κ2) is 7.78. The van der Waals surface area contributed by atoms with Crippen LogP contribution in [0.5, 0.6) is 5.75 Å². The Labute approximate surface area is 165 Å². The minimum absolute atomic E-state index is 0.0976. The normalized spacial score (nSPS) is 19.9. The number of hydrogen-bond donors (Lipinski definition) is 0. The third kappa shape index (κ3) is 3.55. The van der Waals surface area contributed by atoms with Crippen molar-refractivity contribution >= 4 is 5.91 Å². The second-order valence-corrected chi connectivity index (χ2v) is 7.92. The molecule has 6 heteroatoms. The van der Waals surface area contributed by atoms with Gasteiger partial charge in [-0.1, -0.05) is 25.3 Å². The van der Waals surface area contributed by atoms with Gasteiger partial charge in [-0.05, 0) is 54.5 Å². The fourth-order valence-corrected chi connectivity index (χ4v) is 4.64. The molecule has 1 unspecified atom stereocenters. The Bertz CT molecular complexity index is 931. The number of aryl methyl sites for hydroxylation is 1. The molecule has 1 saturated carbocycles. The number of ether oxygens (including phenoxy) is 1. The molecule has 4 rings (SSSR count). The molecule has 1 aliphatic carbocycles. The van der Waals surface area contributed by atoms with Crippen LogP contribution < -0.4 is 10.3 Å². The van der Waals surface area contributed by atoms with E-state index in [-0.39, 0.29) is 17.5 Å². The van der Waals surface area contributed by atoms with Crippen molar-refractivity contribution in [2.24, 2.45) is 13.0 Å². The molecule has 2 aromatic rings. The van der Waals surface area contributed by atoms with E-state index >= 15 is 0 Å². The Morgan fingerprint density at radius 1 is 1.11 bits per heavy atom. The lowest BCUT2D eigenvalue weighted by atomic mass is 9.78. The average Bonchev–Trinajstić information content (AvgIpc) is 2.74. The fraction of sp³-hybridized carbons (Fsp3) is 0.500. The van der Waals surface area contributed by atoms with E-state index < -0.39 is 0 Å². The zero-order valence-corrected chi connectivity index (χ0v) is 16.6. The van der Waals surface area contributed by atoms with E-state index in [4.69, 9.17) is 4.74 Å². The van der Waals surface area contributed by atoms with E-state index in [1.807, 2.05) is 17.0 Å². The third-order valence-corrected chi connectivity index (χ3v) is 6.22. The maximum Gasteiger partial charge on any atom is 0.274 e. The van der Waals surface area contributed by atoms with E-state index in [1.165, 1.54) is 48.4 Å². The van der Waals surface area contributed by atoms with Crippen LogP contribution in [0.1, 0.15) is 53.7 Å². The molecule has 0 bridgehead atoms. The molecule has 148 valence electrons. The minimum atomic E-state index is -0.214. The van der Waals surface area contributed by atoms with E-state index in [9.17, 15) is 9.59 Å². The molecule has 1 aromatic heterocycles. The van der Waals surface area contributed by atoms with Crippen LogP contribution in [0.3, 0.4) is 0 Å². The second-order valence-electron chi connectivity index (χ2n) is 7.92. The van der Waals surface area contributed by atoms with Crippen molar-refractivity contribution in [1.29, 1.82) is 0 Å². The number of aromatic nitrogens is 2. The van der Waals surface area contributed by atoms with Gasteiger partial charge in [-0.3, -0.25) is 9.59 Å². The lowest BCUT2D eigenvalue weighted by molar-refractivity contribution is 0.0505. The number of carbonyl (C=O) groups excluding carboxylic acids is 1. The molecule has 1 fully saturated rings. The van der Waals surface area contributed by atoms with Gasteiger partial charge in [0.1, 0.15) is 11.4 Å². The van der Waals surface area contributed by atoms with Crippen molar-refractivity contribution in [3.63, 3.8) is 0 Å². The molecular weight excluding hydrogens is 354 g/mol. The molecule has 6 nitrogen and oxygen atoms in total. The van der Waals surface area contributed by atoms with Crippen molar-refractivity contribution < 1.29 is 9.53 Å². The van der Waals surface area contributed by atoms with Gasteiger partial charge in [-0.15, -0.1) is 0 Å². The standard InChI is InChI=1S/C22H27N3O3/c1-24-21(26)11-10-19(23-24)22(27)25-14-17-12-18(28-2)9-8-16(17)13-20(25)15-6-4-3-5-7-15/h8-12,15,20H,3-7,13-14H2,1-2H3. The Balaban J connectivity index is 1.70. The average molecular weight is 381 g/mol. The highest BCUT2D eigenvalue weighted by Gasteiger charge is 2.36. The lowest BCUT2D eigenvalue weighted by Gasteiger charge is -2.42. The van der Waals surface area contributed by atoms with Gasteiger partial charge in [-0.25, -0.2) is 4.68 Å². The maximum atomic E-state index is 13.4. The van der Waals surface area contributed by atoms with Gasteiger partial charge in [0.15, 0.2) is 0 Å². The summed E-state index contributed by atoms with van der Waals surface area (Å²) in [5, 5.41) is 4.21. The first-order chi connectivity index (χ1) is 13.6. The van der Waals surface area contributed by atoms with E-state index in [0.29, 0.717) is 18.2 Å².